The van der Waals surface area contributed by atoms with E-state index >= 15 is 0 Å². The van der Waals surface area contributed by atoms with Crippen LogP contribution in [0.1, 0.15) is 11.4 Å². The summed E-state index contributed by atoms with van der Waals surface area (Å²) in [6, 6.07) is 3.67. The highest BCUT2D eigenvalue weighted by atomic mass is 15.6. The second-order valence-electron chi connectivity index (χ2n) is 6.27. The molecule has 14 nitrogen and oxygen atoms in total. The molecule has 0 spiro atoms. The van der Waals surface area contributed by atoms with Gasteiger partial charge in [0.05, 0.1) is 11.4 Å². The van der Waals surface area contributed by atoms with Gasteiger partial charge in [-0.25, -0.2) is 5.01 Å². The van der Waals surface area contributed by atoms with Gasteiger partial charge < -0.3 is 32.5 Å². The lowest BCUT2D eigenvalue weighted by Gasteiger charge is -2.23. The molecule has 0 amide bonds. The fourth-order valence-corrected chi connectivity index (χ4v) is 2.71. The molecule has 0 bridgehead atoms. The first-order valence-electron chi connectivity index (χ1n) is 8.79. The van der Waals surface area contributed by atoms with Crippen molar-refractivity contribution in [3.8, 4) is 0 Å². The van der Waals surface area contributed by atoms with Crippen LogP contribution in [-0.4, -0.2) is 39.9 Å². The molecular weight excluding hydrogens is 388 g/mol. The van der Waals surface area contributed by atoms with Crippen LogP contribution in [0.5, 0.6) is 0 Å². The number of hydrogen-bond acceptors (Lipinski definition) is 12. The molecule has 154 valence electrons. The SMILES string of the molecule is Cc1[nH]ccc1Nc1nc(N)nc(NN(c2nc(N)nc(N)n2)c2cc[nH]c2C)n1. The summed E-state index contributed by atoms with van der Waals surface area (Å²) in [4.78, 5) is 30.9. The molecule has 0 aliphatic heterocycles. The summed E-state index contributed by atoms with van der Waals surface area (Å²) in [6.07, 6.45) is 3.56. The number of anilines is 8. The molecule has 4 aromatic rings. The highest BCUT2D eigenvalue weighted by Gasteiger charge is 2.19. The third-order valence-electron chi connectivity index (χ3n) is 4.09. The summed E-state index contributed by atoms with van der Waals surface area (Å²) >= 11 is 0. The second kappa shape index (κ2) is 7.42. The minimum absolute atomic E-state index is 0.0172. The zero-order chi connectivity index (χ0) is 21.3. The van der Waals surface area contributed by atoms with Gasteiger partial charge in [0.15, 0.2) is 0 Å². The molecule has 0 saturated heterocycles. The highest BCUT2D eigenvalue weighted by molar-refractivity contribution is 5.65. The molecule has 0 aliphatic carbocycles. The Bertz CT molecular complexity index is 1160. The van der Waals surface area contributed by atoms with Crippen LogP contribution < -0.4 is 33.0 Å². The maximum absolute atomic E-state index is 5.88. The number of aromatic nitrogens is 8. The van der Waals surface area contributed by atoms with E-state index in [1.807, 2.05) is 26.0 Å². The summed E-state index contributed by atoms with van der Waals surface area (Å²) in [6.45, 7) is 3.79. The molecule has 30 heavy (non-hydrogen) atoms. The van der Waals surface area contributed by atoms with Crippen LogP contribution in [0, 0.1) is 13.8 Å². The molecule has 0 aromatic carbocycles. The van der Waals surface area contributed by atoms with Crippen LogP contribution in [0.15, 0.2) is 24.5 Å². The van der Waals surface area contributed by atoms with Gasteiger partial charge in [-0.2, -0.15) is 29.9 Å². The van der Waals surface area contributed by atoms with E-state index < -0.39 is 0 Å². The number of hydrogen-bond donors (Lipinski definition) is 7. The Morgan fingerprint density at radius 3 is 2.03 bits per heavy atom. The number of nitrogens with one attached hydrogen (secondary N) is 4. The Labute approximate surface area is 170 Å². The first-order valence-corrected chi connectivity index (χ1v) is 8.79. The minimum Gasteiger partial charge on any atom is -0.368 e. The van der Waals surface area contributed by atoms with Crippen molar-refractivity contribution in [3.05, 3.63) is 35.9 Å². The van der Waals surface area contributed by atoms with Gasteiger partial charge >= 0.3 is 0 Å². The second-order valence-corrected chi connectivity index (χ2v) is 6.27. The molecule has 4 heterocycles. The molecule has 0 saturated carbocycles. The van der Waals surface area contributed by atoms with Crippen molar-refractivity contribution >= 4 is 47.1 Å². The number of hydrazine groups is 1. The van der Waals surface area contributed by atoms with Gasteiger partial charge in [-0.1, -0.05) is 0 Å². The summed E-state index contributed by atoms with van der Waals surface area (Å²) in [5, 5.41) is 4.61. The fourth-order valence-electron chi connectivity index (χ4n) is 2.71. The zero-order valence-electron chi connectivity index (χ0n) is 16.2. The first-order chi connectivity index (χ1) is 14.4. The lowest BCUT2D eigenvalue weighted by Crippen LogP contribution is -2.29. The lowest BCUT2D eigenvalue weighted by molar-refractivity contribution is 0.957. The largest absolute Gasteiger partial charge is 0.368 e. The highest BCUT2D eigenvalue weighted by Crippen LogP contribution is 2.26. The van der Waals surface area contributed by atoms with Gasteiger partial charge in [-0.3, -0.25) is 5.43 Å². The van der Waals surface area contributed by atoms with Crippen molar-refractivity contribution in [1.82, 2.24) is 39.9 Å². The van der Waals surface area contributed by atoms with Crippen molar-refractivity contribution in [2.75, 3.05) is 33.0 Å². The third kappa shape index (κ3) is 3.82. The van der Waals surface area contributed by atoms with E-state index in [0.717, 1.165) is 17.1 Å². The van der Waals surface area contributed by atoms with E-state index in [1.54, 1.807) is 12.4 Å². The zero-order valence-corrected chi connectivity index (χ0v) is 16.2. The van der Waals surface area contributed by atoms with Crippen LogP contribution >= 0.6 is 0 Å². The molecule has 10 N–H and O–H groups in total. The average Bonchev–Trinajstić information content (AvgIpc) is 3.27. The molecule has 4 aromatic heterocycles. The summed E-state index contributed by atoms with van der Waals surface area (Å²) in [5.74, 6) is 0.515. The summed E-state index contributed by atoms with van der Waals surface area (Å²) in [5.41, 5.74) is 23.6. The number of nitrogens with two attached hydrogens (primary N) is 3. The Kier molecular flexibility index (Phi) is 4.63. The van der Waals surface area contributed by atoms with E-state index in [4.69, 9.17) is 17.2 Å². The molecule has 0 aliphatic rings. The van der Waals surface area contributed by atoms with Crippen LogP contribution in [0.2, 0.25) is 0 Å². The predicted molar refractivity (Wildman–Crippen MR) is 113 cm³/mol. The van der Waals surface area contributed by atoms with Crippen molar-refractivity contribution in [1.29, 1.82) is 0 Å². The monoisotopic (exact) mass is 408 g/mol. The number of aryl methyl sites for hydroxylation is 2. The Balaban J connectivity index is 1.71. The molecule has 14 heteroatoms. The maximum atomic E-state index is 5.88. The van der Waals surface area contributed by atoms with Crippen LogP contribution in [0.3, 0.4) is 0 Å². The van der Waals surface area contributed by atoms with Crippen LogP contribution in [0.4, 0.5) is 47.1 Å². The Morgan fingerprint density at radius 1 is 0.767 bits per heavy atom. The predicted octanol–water partition coefficient (Wildman–Crippen LogP) is 0.985. The normalized spacial score (nSPS) is 10.7. The van der Waals surface area contributed by atoms with Gasteiger partial charge in [0, 0.05) is 23.8 Å². The van der Waals surface area contributed by atoms with Crippen molar-refractivity contribution < 1.29 is 0 Å². The van der Waals surface area contributed by atoms with Crippen molar-refractivity contribution in [2.45, 2.75) is 13.8 Å². The molecular formula is C16H20N14. The van der Waals surface area contributed by atoms with E-state index in [-0.39, 0.29) is 35.7 Å². The van der Waals surface area contributed by atoms with E-state index in [9.17, 15) is 0 Å². The number of aromatic amines is 2. The standard InChI is InChI=1S/C16H20N14/c1-7-9(3-5-20-7)22-14-24-13(19)25-15(28-14)29-30(10-4-6-21-8(10)2)16-26-11(17)23-12(18)27-16/h3-6,20-21H,1-2H3,(H4,17,18,23,26,27)(H4,19,22,24,25,28,29). The van der Waals surface area contributed by atoms with E-state index in [2.05, 4.69) is 50.6 Å². The fraction of sp³-hybridized carbons (Fsp3) is 0.125. The smallest absolute Gasteiger partial charge is 0.256 e. The van der Waals surface area contributed by atoms with E-state index in [0.29, 0.717) is 5.69 Å². The van der Waals surface area contributed by atoms with Crippen LogP contribution in [-0.2, 0) is 0 Å². The molecule has 0 radical (unpaired) electrons. The number of H-pyrrole nitrogens is 2. The minimum atomic E-state index is -0.0297. The Hall–Kier alpha value is -4.62. The summed E-state index contributed by atoms with van der Waals surface area (Å²) < 4.78 is 0. The molecule has 0 atom stereocenters. The quantitative estimate of drug-likeness (QED) is 0.222. The summed E-state index contributed by atoms with van der Waals surface area (Å²) in [7, 11) is 0. The van der Waals surface area contributed by atoms with Gasteiger partial charge in [-0.05, 0) is 26.0 Å². The number of nitrogens with zero attached hydrogens (tertiary/aromatic N) is 7. The first kappa shape index (κ1) is 18.7. The number of rotatable bonds is 6. The molecule has 0 unspecified atom stereocenters. The molecule has 0 fully saturated rings. The van der Waals surface area contributed by atoms with Gasteiger partial charge in [0.2, 0.25) is 29.7 Å². The Morgan fingerprint density at radius 2 is 1.40 bits per heavy atom. The topological polar surface area (TPSA) is 214 Å². The van der Waals surface area contributed by atoms with E-state index in [1.165, 1.54) is 5.01 Å². The van der Waals surface area contributed by atoms with Crippen molar-refractivity contribution in [3.63, 3.8) is 0 Å². The number of nitrogen functional groups attached to an aromatic ring is 3. The molecule has 4 rings (SSSR count). The average molecular weight is 408 g/mol. The van der Waals surface area contributed by atoms with Gasteiger partial charge in [0.25, 0.3) is 5.95 Å². The maximum Gasteiger partial charge on any atom is 0.256 e. The van der Waals surface area contributed by atoms with Gasteiger partial charge in [0.1, 0.15) is 0 Å². The van der Waals surface area contributed by atoms with Crippen LogP contribution in [0.25, 0.3) is 0 Å². The van der Waals surface area contributed by atoms with Crippen molar-refractivity contribution in [2.24, 2.45) is 0 Å². The lowest BCUT2D eigenvalue weighted by atomic mass is 10.4. The van der Waals surface area contributed by atoms with Gasteiger partial charge in [-0.15, -0.1) is 0 Å². The third-order valence-corrected chi connectivity index (χ3v) is 4.09.